The molecular formula is C17H30N4O3S. The number of rotatable bonds is 6. The highest BCUT2D eigenvalue weighted by Gasteiger charge is 2.38. The topological polar surface area (TPSA) is 81.8 Å². The highest BCUT2D eigenvalue weighted by molar-refractivity contribution is 7.96. The predicted octanol–water partition coefficient (Wildman–Crippen LogP) is 2.29. The lowest BCUT2D eigenvalue weighted by Gasteiger charge is -2.43. The predicted molar refractivity (Wildman–Crippen MR) is 100 cm³/mol. The molecule has 1 amide bonds. The molecule has 1 fully saturated rings. The lowest BCUT2D eigenvalue weighted by atomic mass is 9.95. The van der Waals surface area contributed by atoms with Gasteiger partial charge in [0, 0.05) is 25.2 Å². The van der Waals surface area contributed by atoms with Crippen LogP contribution in [0.2, 0.25) is 0 Å². The van der Waals surface area contributed by atoms with E-state index in [1.807, 2.05) is 20.9 Å². The van der Waals surface area contributed by atoms with Crippen molar-refractivity contribution >= 4 is 23.7 Å². The van der Waals surface area contributed by atoms with Crippen LogP contribution >= 0.6 is 11.9 Å². The normalized spacial score (nSPS) is 17.9. The number of anilines is 1. The minimum Gasteiger partial charge on any atom is -0.384 e. The largest absolute Gasteiger partial charge is 0.384 e. The van der Waals surface area contributed by atoms with Crippen LogP contribution in [0.3, 0.4) is 0 Å². The van der Waals surface area contributed by atoms with Gasteiger partial charge in [0.15, 0.2) is 0 Å². The van der Waals surface area contributed by atoms with Crippen LogP contribution in [0.4, 0.5) is 5.88 Å². The van der Waals surface area contributed by atoms with E-state index in [0.29, 0.717) is 11.7 Å². The Morgan fingerprint density at radius 2 is 2.00 bits per heavy atom. The maximum atomic E-state index is 12.8. The molecule has 0 aliphatic carbocycles. The summed E-state index contributed by atoms with van der Waals surface area (Å²) in [6, 6.07) is 1.93. The Hall–Kier alpha value is -1.09. The molecule has 1 aliphatic rings. The number of amides is 1. The van der Waals surface area contributed by atoms with Gasteiger partial charge in [-0.25, -0.2) is 0 Å². The average Bonchev–Trinajstić information content (AvgIpc) is 3.03. The first kappa shape index (κ1) is 20.2. The minimum absolute atomic E-state index is 0.152. The van der Waals surface area contributed by atoms with E-state index >= 15 is 0 Å². The number of aliphatic hydroxyl groups is 1. The van der Waals surface area contributed by atoms with E-state index in [2.05, 4.69) is 25.9 Å². The second-order valence-corrected chi connectivity index (χ2v) is 8.48. The molecule has 0 atom stereocenters. The van der Waals surface area contributed by atoms with Crippen molar-refractivity contribution in [1.82, 2.24) is 14.4 Å². The molecule has 0 bridgehead atoms. The molecule has 2 N–H and O–H groups in total. The molecule has 0 unspecified atom stereocenters. The van der Waals surface area contributed by atoms with Crippen LogP contribution in [0.1, 0.15) is 46.2 Å². The second-order valence-electron chi connectivity index (χ2n) is 7.60. The van der Waals surface area contributed by atoms with Gasteiger partial charge in [-0.3, -0.25) is 19.3 Å². The fourth-order valence-corrected chi connectivity index (χ4v) is 3.49. The van der Waals surface area contributed by atoms with Crippen LogP contribution in [-0.4, -0.2) is 63.3 Å². The van der Waals surface area contributed by atoms with Gasteiger partial charge in [0.05, 0.1) is 5.54 Å². The fraction of sp³-hybridized carbons (Fsp3) is 0.765. The zero-order valence-corrected chi connectivity index (χ0v) is 16.8. The zero-order valence-electron chi connectivity index (χ0n) is 16.0. The van der Waals surface area contributed by atoms with Crippen molar-refractivity contribution in [2.75, 3.05) is 31.7 Å². The molecule has 25 heavy (non-hydrogen) atoms. The van der Waals surface area contributed by atoms with E-state index in [1.54, 1.807) is 31.9 Å². The minimum atomic E-state index is -1.11. The summed E-state index contributed by atoms with van der Waals surface area (Å²) in [4.78, 5) is 14.9. The Kier molecular flexibility index (Phi) is 6.19. The molecular weight excluding hydrogens is 340 g/mol. The molecule has 2 rings (SSSR count). The fourth-order valence-electron chi connectivity index (χ4n) is 2.92. The smallest absolute Gasteiger partial charge is 0.246 e. The number of hydrogen-bond donors (Lipinski definition) is 2. The van der Waals surface area contributed by atoms with Crippen molar-refractivity contribution in [2.45, 2.75) is 57.7 Å². The lowest BCUT2D eigenvalue weighted by molar-refractivity contribution is -0.127. The van der Waals surface area contributed by atoms with Crippen molar-refractivity contribution < 1.29 is 14.4 Å². The Balaban J connectivity index is 2.00. The maximum Gasteiger partial charge on any atom is 0.246 e. The van der Waals surface area contributed by atoms with Gasteiger partial charge in [-0.05, 0) is 53.8 Å². The van der Waals surface area contributed by atoms with Gasteiger partial charge in [-0.2, -0.15) is 0 Å². The van der Waals surface area contributed by atoms with E-state index < -0.39 is 11.1 Å². The zero-order chi connectivity index (χ0) is 18.8. The summed E-state index contributed by atoms with van der Waals surface area (Å²) < 4.78 is 7.49. The summed E-state index contributed by atoms with van der Waals surface area (Å²) in [5.74, 6) is 0.0987. The van der Waals surface area contributed by atoms with Gasteiger partial charge in [0.25, 0.3) is 0 Å². The van der Waals surface area contributed by atoms with Crippen LogP contribution in [0.25, 0.3) is 0 Å². The monoisotopic (exact) mass is 370 g/mol. The first-order valence-corrected chi connectivity index (χ1v) is 9.77. The summed E-state index contributed by atoms with van der Waals surface area (Å²) in [5, 5.41) is 16.5. The van der Waals surface area contributed by atoms with Gasteiger partial charge in [0.1, 0.15) is 11.3 Å². The molecule has 1 aromatic heterocycles. The van der Waals surface area contributed by atoms with Crippen LogP contribution in [0, 0.1) is 0 Å². The average molecular weight is 371 g/mol. The molecule has 1 aliphatic heterocycles. The van der Waals surface area contributed by atoms with Crippen molar-refractivity contribution in [1.29, 1.82) is 0 Å². The van der Waals surface area contributed by atoms with Crippen LogP contribution in [0.5, 0.6) is 0 Å². The summed E-state index contributed by atoms with van der Waals surface area (Å²) in [5.41, 5.74) is -1.41. The number of piperidine rings is 1. The number of likely N-dealkylation sites (N-methyl/N-ethyl adjacent to an activating group) is 1. The van der Waals surface area contributed by atoms with Gasteiger partial charge < -0.3 is 9.63 Å². The third-order valence-electron chi connectivity index (χ3n) is 5.04. The molecule has 1 saturated heterocycles. The third kappa shape index (κ3) is 4.75. The summed E-state index contributed by atoms with van der Waals surface area (Å²) in [6.07, 6.45) is 4.18. The SMILES string of the molecule is CSN1CCC(N(C)C(C)(C)C(=O)Nc2cc(C(C)(C)O)no2)CC1. The first-order valence-electron chi connectivity index (χ1n) is 8.58. The Morgan fingerprint density at radius 3 is 2.48 bits per heavy atom. The Labute approximate surface area is 154 Å². The van der Waals surface area contributed by atoms with Crippen molar-refractivity contribution in [2.24, 2.45) is 0 Å². The quantitative estimate of drug-likeness (QED) is 0.744. The molecule has 7 nitrogen and oxygen atoms in total. The summed E-state index contributed by atoms with van der Waals surface area (Å²) in [6.45, 7) is 9.13. The second kappa shape index (κ2) is 7.65. The van der Waals surface area contributed by atoms with Gasteiger partial charge >= 0.3 is 0 Å². The van der Waals surface area contributed by atoms with E-state index in [1.165, 1.54) is 0 Å². The highest BCUT2D eigenvalue weighted by atomic mass is 32.2. The Bertz CT molecular complexity index is 589. The van der Waals surface area contributed by atoms with Crippen molar-refractivity contribution in [3.63, 3.8) is 0 Å². The molecule has 142 valence electrons. The van der Waals surface area contributed by atoms with Crippen molar-refractivity contribution in [3.8, 4) is 0 Å². The van der Waals surface area contributed by atoms with E-state index in [4.69, 9.17) is 4.52 Å². The van der Waals surface area contributed by atoms with E-state index in [-0.39, 0.29) is 11.8 Å². The van der Waals surface area contributed by atoms with E-state index in [9.17, 15) is 9.90 Å². The number of hydrogen-bond acceptors (Lipinski definition) is 7. The number of carbonyl (C=O) groups excluding carboxylic acids is 1. The highest BCUT2D eigenvalue weighted by Crippen LogP contribution is 2.27. The standard InChI is InChI=1S/C17H30N4O3S/c1-16(2,20(5)12-7-9-21(25-6)10-8-12)15(22)18-14-11-13(19-24-14)17(3,4)23/h11-12,23H,7-10H2,1-6H3,(H,18,22). The van der Waals surface area contributed by atoms with E-state index in [0.717, 1.165) is 25.9 Å². The number of nitrogens with one attached hydrogen (secondary N) is 1. The summed E-state index contributed by atoms with van der Waals surface area (Å²) in [7, 11) is 2.00. The van der Waals surface area contributed by atoms with Crippen LogP contribution in [0.15, 0.2) is 10.6 Å². The maximum absolute atomic E-state index is 12.8. The molecule has 0 saturated carbocycles. The van der Waals surface area contributed by atoms with Gasteiger partial charge in [-0.15, -0.1) is 0 Å². The molecule has 0 radical (unpaired) electrons. The van der Waals surface area contributed by atoms with Crippen LogP contribution in [-0.2, 0) is 10.4 Å². The van der Waals surface area contributed by atoms with Gasteiger partial charge in [0.2, 0.25) is 11.8 Å². The van der Waals surface area contributed by atoms with Crippen LogP contribution < -0.4 is 5.32 Å². The first-order chi connectivity index (χ1) is 11.6. The lowest BCUT2D eigenvalue weighted by Crippen LogP contribution is -2.56. The molecule has 2 heterocycles. The number of aromatic nitrogens is 1. The Morgan fingerprint density at radius 1 is 1.40 bits per heavy atom. The molecule has 8 heteroatoms. The molecule has 1 aromatic rings. The number of carbonyl (C=O) groups is 1. The number of nitrogens with zero attached hydrogens (tertiary/aromatic N) is 3. The third-order valence-corrected chi connectivity index (χ3v) is 5.92. The van der Waals surface area contributed by atoms with Gasteiger partial charge in [-0.1, -0.05) is 17.1 Å². The summed E-state index contributed by atoms with van der Waals surface area (Å²) >= 11 is 1.78. The van der Waals surface area contributed by atoms with Crippen molar-refractivity contribution in [3.05, 3.63) is 11.8 Å². The molecule has 0 spiro atoms. The molecule has 0 aromatic carbocycles.